The second kappa shape index (κ2) is 5.21. The van der Waals surface area contributed by atoms with Gasteiger partial charge in [-0.05, 0) is 31.8 Å². The molecule has 2 bridgehead atoms. The number of carboxylic acid groups (broad SMARTS) is 1. The van der Waals surface area contributed by atoms with Crippen molar-refractivity contribution >= 4 is 12.0 Å². The fourth-order valence-corrected chi connectivity index (χ4v) is 3.64. The molecule has 3 N–H and O–H groups in total. The highest BCUT2D eigenvalue weighted by atomic mass is 16.4. The Morgan fingerprint density at radius 3 is 2.40 bits per heavy atom. The van der Waals surface area contributed by atoms with Crippen molar-refractivity contribution in [3.05, 3.63) is 0 Å². The lowest BCUT2D eigenvalue weighted by Crippen LogP contribution is -2.59. The zero-order chi connectivity index (χ0) is 14.3. The van der Waals surface area contributed by atoms with Crippen LogP contribution in [-0.2, 0) is 4.79 Å². The molecule has 7 heteroatoms. The molecule has 1 unspecified atom stereocenters. The van der Waals surface area contributed by atoms with Crippen molar-refractivity contribution in [2.75, 3.05) is 26.2 Å². The number of piperidine rings is 3. The molecule has 20 heavy (non-hydrogen) atoms. The molecule has 0 aromatic rings. The summed E-state index contributed by atoms with van der Waals surface area (Å²) in [5.41, 5.74) is 0. The van der Waals surface area contributed by atoms with Crippen LogP contribution in [0, 0.1) is 5.92 Å². The van der Waals surface area contributed by atoms with E-state index in [1.807, 2.05) is 0 Å². The third kappa shape index (κ3) is 2.47. The molecule has 0 spiro atoms. The van der Waals surface area contributed by atoms with Gasteiger partial charge in [0.25, 0.3) is 0 Å². The number of carbonyl (C=O) groups excluding carboxylic acids is 1. The summed E-state index contributed by atoms with van der Waals surface area (Å²) in [4.78, 5) is 27.0. The third-order valence-electron chi connectivity index (χ3n) is 4.79. The van der Waals surface area contributed by atoms with Crippen LogP contribution in [0.1, 0.15) is 19.3 Å². The van der Waals surface area contributed by atoms with Crippen molar-refractivity contribution in [2.45, 2.75) is 37.5 Å². The maximum absolute atomic E-state index is 12.3. The average molecular weight is 283 g/mol. The van der Waals surface area contributed by atoms with E-state index in [1.54, 1.807) is 0 Å². The molecule has 0 saturated carbocycles. The summed E-state index contributed by atoms with van der Waals surface area (Å²) in [6, 6.07) is -1.16. The van der Waals surface area contributed by atoms with E-state index in [0.717, 1.165) is 32.5 Å². The second-order valence-electron chi connectivity index (χ2n) is 6.09. The Labute approximate surface area is 117 Å². The molecule has 3 atom stereocenters. The van der Waals surface area contributed by atoms with Gasteiger partial charge < -0.3 is 25.3 Å². The molecule has 4 heterocycles. The number of hydrogen-bond donors (Lipinski definition) is 3. The Balaban J connectivity index is 1.62. The van der Waals surface area contributed by atoms with Crippen LogP contribution in [0.4, 0.5) is 4.79 Å². The van der Waals surface area contributed by atoms with Crippen LogP contribution in [0.3, 0.4) is 0 Å². The number of aliphatic hydroxyl groups excluding tert-OH is 1. The number of likely N-dealkylation sites (tertiary alicyclic amines) is 1. The number of nitrogens with zero attached hydrogens (tertiary/aromatic N) is 2. The summed E-state index contributed by atoms with van der Waals surface area (Å²) in [5, 5.41) is 21.7. The summed E-state index contributed by atoms with van der Waals surface area (Å²) in [7, 11) is 0. The number of aliphatic carboxylic acids is 1. The number of fused-ring (bicyclic) bond motifs is 3. The number of nitrogens with one attached hydrogen (secondary N) is 1. The molecular formula is C13H21N3O4. The maximum Gasteiger partial charge on any atom is 0.326 e. The monoisotopic (exact) mass is 283 g/mol. The van der Waals surface area contributed by atoms with Crippen molar-refractivity contribution in [1.82, 2.24) is 15.1 Å². The number of urea groups is 1. The SMILES string of the molecule is O=C(O)[C@@H]1C[C@H](O)CN1C(=O)NC1CN2CCC1CC2. The highest BCUT2D eigenvalue weighted by Crippen LogP contribution is 2.28. The van der Waals surface area contributed by atoms with Gasteiger partial charge in [-0.25, -0.2) is 9.59 Å². The highest BCUT2D eigenvalue weighted by molar-refractivity contribution is 5.83. The lowest BCUT2D eigenvalue weighted by Gasteiger charge is -2.45. The van der Waals surface area contributed by atoms with Gasteiger partial charge in [-0.3, -0.25) is 0 Å². The first-order valence-corrected chi connectivity index (χ1v) is 7.25. The number of amides is 2. The van der Waals surface area contributed by atoms with Gasteiger partial charge in [-0.1, -0.05) is 0 Å². The predicted octanol–water partition coefficient (Wildman–Crippen LogP) is -0.690. The van der Waals surface area contributed by atoms with E-state index in [4.69, 9.17) is 5.11 Å². The molecule has 112 valence electrons. The molecule has 4 aliphatic rings. The maximum atomic E-state index is 12.3. The fraction of sp³-hybridized carbons (Fsp3) is 0.846. The van der Waals surface area contributed by atoms with E-state index < -0.39 is 18.1 Å². The van der Waals surface area contributed by atoms with Crippen LogP contribution in [0.5, 0.6) is 0 Å². The number of rotatable bonds is 2. The standard InChI is InChI=1S/C13H21N3O4/c17-9-5-11(12(18)19)16(6-9)13(20)14-10-7-15-3-1-8(10)2-4-15/h8-11,17H,1-7H2,(H,14,20)(H,18,19)/t9-,10?,11-/m0/s1. The molecule has 0 radical (unpaired) electrons. The summed E-state index contributed by atoms with van der Waals surface area (Å²) < 4.78 is 0. The Morgan fingerprint density at radius 2 is 1.85 bits per heavy atom. The third-order valence-corrected chi connectivity index (χ3v) is 4.79. The van der Waals surface area contributed by atoms with Crippen molar-refractivity contribution in [3.8, 4) is 0 Å². The van der Waals surface area contributed by atoms with Crippen LogP contribution in [0.2, 0.25) is 0 Å². The smallest absolute Gasteiger partial charge is 0.326 e. The Morgan fingerprint density at radius 1 is 1.15 bits per heavy atom. The zero-order valence-corrected chi connectivity index (χ0v) is 11.4. The van der Waals surface area contributed by atoms with Gasteiger partial charge in [0, 0.05) is 25.6 Å². The molecule has 0 aromatic carbocycles. The van der Waals surface area contributed by atoms with Gasteiger partial charge in [0.1, 0.15) is 6.04 Å². The summed E-state index contributed by atoms with van der Waals surface area (Å²) in [6.45, 7) is 3.14. The predicted molar refractivity (Wildman–Crippen MR) is 70.2 cm³/mol. The van der Waals surface area contributed by atoms with Gasteiger partial charge in [-0.2, -0.15) is 0 Å². The fourth-order valence-electron chi connectivity index (χ4n) is 3.64. The molecule has 4 saturated heterocycles. The molecule has 4 fully saturated rings. The van der Waals surface area contributed by atoms with E-state index >= 15 is 0 Å². The van der Waals surface area contributed by atoms with Gasteiger partial charge in [0.2, 0.25) is 0 Å². The van der Waals surface area contributed by atoms with Crippen LogP contribution in [0.15, 0.2) is 0 Å². The topological polar surface area (TPSA) is 93.1 Å². The minimum Gasteiger partial charge on any atom is -0.480 e. The molecule has 0 aliphatic carbocycles. The second-order valence-corrected chi connectivity index (χ2v) is 6.09. The van der Waals surface area contributed by atoms with E-state index in [9.17, 15) is 14.7 Å². The van der Waals surface area contributed by atoms with Gasteiger partial charge in [-0.15, -0.1) is 0 Å². The van der Waals surface area contributed by atoms with Crippen LogP contribution in [0.25, 0.3) is 0 Å². The normalized spacial score (nSPS) is 39.9. The van der Waals surface area contributed by atoms with E-state index in [0.29, 0.717) is 5.92 Å². The molecule has 4 rings (SSSR count). The minimum atomic E-state index is -1.05. The number of carbonyl (C=O) groups is 2. The molecule has 4 aliphatic heterocycles. The summed E-state index contributed by atoms with van der Waals surface area (Å²) in [6.07, 6.45) is 1.56. The molecule has 0 aromatic heterocycles. The first-order valence-electron chi connectivity index (χ1n) is 7.25. The number of β-amino-alcohol motifs (C(OH)–C–C–N with tert-alkyl or cyclic N) is 1. The van der Waals surface area contributed by atoms with Crippen LogP contribution >= 0.6 is 0 Å². The van der Waals surface area contributed by atoms with Crippen molar-refractivity contribution in [3.63, 3.8) is 0 Å². The van der Waals surface area contributed by atoms with E-state index in [2.05, 4.69) is 10.2 Å². The quantitative estimate of drug-likeness (QED) is 0.624. The van der Waals surface area contributed by atoms with E-state index in [-0.39, 0.29) is 25.0 Å². The largest absolute Gasteiger partial charge is 0.480 e. The summed E-state index contributed by atoms with van der Waals surface area (Å²) in [5.74, 6) is -0.551. The first-order chi connectivity index (χ1) is 9.54. The van der Waals surface area contributed by atoms with Gasteiger partial charge in [0.15, 0.2) is 0 Å². The summed E-state index contributed by atoms with van der Waals surface area (Å²) >= 11 is 0. The Hall–Kier alpha value is -1.34. The number of aliphatic hydroxyl groups is 1. The van der Waals surface area contributed by atoms with Crippen molar-refractivity contribution in [1.29, 1.82) is 0 Å². The van der Waals surface area contributed by atoms with Gasteiger partial charge in [0.05, 0.1) is 6.10 Å². The first kappa shape index (κ1) is 13.6. The Kier molecular flexibility index (Phi) is 3.55. The lowest BCUT2D eigenvalue weighted by molar-refractivity contribution is -0.141. The highest BCUT2D eigenvalue weighted by Gasteiger charge is 2.41. The molecule has 7 nitrogen and oxygen atoms in total. The van der Waals surface area contributed by atoms with Crippen LogP contribution < -0.4 is 5.32 Å². The molecule has 2 amide bonds. The van der Waals surface area contributed by atoms with E-state index in [1.165, 1.54) is 4.90 Å². The zero-order valence-electron chi connectivity index (χ0n) is 11.4. The number of hydrogen-bond acceptors (Lipinski definition) is 4. The average Bonchev–Trinajstić information content (AvgIpc) is 2.82. The Bertz CT molecular complexity index is 408. The van der Waals surface area contributed by atoms with Crippen molar-refractivity contribution < 1.29 is 19.8 Å². The van der Waals surface area contributed by atoms with Crippen molar-refractivity contribution in [2.24, 2.45) is 5.92 Å². The lowest BCUT2D eigenvalue weighted by atomic mass is 9.84. The minimum absolute atomic E-state index is 0.101. The van der Waals surface area contributed by atoms with Gasteiger partial charge >= 0.3 is 12.0 Å². The van der Waals surface area contributed by atoms with Crippen LogP contribution in [-0.4, -0.2) is 76.4 Å². The molecular weight excluding hydrogens is 262 g/mol. The number of carboxylic acids is 1.